The van der Waals surface area contributed by atoms with Gasteiger partial charge in [-0.3, -0.25) is 4.79 Å². The third-order valence-corrected chi connectivity index (χ3v) is 5.79. The Morgan fingerprint density at radius 1 is 1.21 bits per heavy atom. The molecule has 2 aromatic heterocycles. The molecule has 0 spiro atoms. The fraction of sp³-hybridized carbons (Fsp3) is 0.273. The van der Waals surface area contributed by atoms with Crippen molar-refractivity contribution in [2.75, 3.05) is 31.2 Å². The first kappa shape index (κ1) is 18.2. The highest BCUT2D eigenvalue weighted by molar-refractivity contribution is 6.34. The van der Waals surface area contributed by atoms with Crippen LogP contribution in [0.1, 0.15) is 6.92 Å². The van der Waals surface area contributed by atoms with Gasteiger partial charge in [0.15, 0.2) is 5.43 Å². The summed E-state index contributed by atoms with van der Waals surface area (Å²) in [5.41, 5.74) is 3.98. The number of para-hydroxylation sites is 2. The Balaban J connectivity index is 1.74. The molecule has 7 heteroatoms. The second-order valence-corrected chi connectivity index (χ2v) is 7.59. The minimum Gasteiger partial charge on any atom is -0.378 e. The van der Waals surface area contributed by atoms with Crippen molar-refractivity contribution in [2.45, 2.75) is 13.5 Å². The van der Waals surface area contributed by atoms with Crippen molar-refractivity contribution in [3.05, 3.63) is 57.8 Å². The van der Waals surface area contributed by atoms with Gasteiger partial charge in [0.05, 0.1) is 46.0 Å². The van der Waals surface area contributed by atoms with Crippen LogP contribution in [-0.2, 0) is 11.3 Å². The van der Waals surface area contributed by atoms with Crippen molar-refractivity contribution in [3.63, 3.8) is 0 Å². The highest BCUT2D eigenvalue weighted by Crippen LogP contribution is 2.31. The summed E-state index contributed by atoms with van der Waals surface area (Å²) in [6.07, 6.45) is 1.87. The van der Waals surface area contributed by atoms with E-state index < -0.39 is 0 Å². The summed E-state index contributed by atoms with van der Waals surface area (Å²) in [5, 5.41) is 1.30. The Hall–Kier alpha value is -2.83. The first-order valence-corrected chi connectivity index (χ1v) is 10.2. The molecule has 1 aliphatic rings. The zero-order chi connectivity index (χ0) is 20.0. The fourth-order valence-corrected chi connectivity index (χ4v) is 4.23. The number of aryl methyl sites for hydroxylation is 1. The number of halogens is 1. The third-order valence-electron chi connectivity index (χ3n) is 5.49. The first-order valence-electron chi connectivity index (χ1n) is 9.80. The number of pyridine rings is 1. The summed E-state index contributed by atoms with van der Waals surface area (Å²) in [7, 11) is 0. The van der Waals surface area contributed by atoms with E-state index in [1.54, 1.807) is 0 Å². The van der Waals surface area contributed by atoms with E-state index >= 15 is 0 Å². The lowest BCUT2D eigenvalue weighted by Gasteiger charge is -2.30. The van der Waals surface area contributed by atoms with Gasteiger partial charge in [-0.2, -0.15) is 0 Å². The predicted octanol–water partition coefficient (Wildman–Crippen LogP) is 4.05. The van der Waals surface area contributed by atoms with Crippen LogP contribution in [0.5, 0.6) is 0 Å². The molecule has 148 valence electrons. The van der Waals surface area contributed by atoms with Crippen molar-refractivity contribution < 1.29 is 4.74 Å². The SMILES string of the molecule is CCn1cc(-c2nc3ccccc3[nH]2)c(=O)c2cc(N3CCOCC3)c(Cl)cc21. The van der Waals surface area contributed by atoms with Crippen LogP contribution in [0.15, 0.2) is 47.4 Å². The Morgan fingerprint density at radius 3 is 2.76 bits per heavy atom. The minimum absolute atomic E-state index is 0.0464. The van der Waals surface area contributed by atoms with E-state index in [1.165, 1.54) is 0 Å². The number of fused-ring (bicyclic) bond motifs is 2. The van der Waals surface area contributed by atoms with Crippen LogP contribution < -0.4 is 10.3 Å². The molecule has 3 heterocycles. The number of nitrogens with one attached hydrogen (secondary N) is 1. The van der Waals surface area contributed by atoms with Gasteiger partial charge in [0.1, 0.15) is 5.82 Å². The summed E-state index contributed by atoms with van der Waals surface area (Å²) < 4.78 is 7.50. The summed E-state index contributed by atoms with van der Waals surface area (Å²) >= 11 is 6.61. The van der Waals surface area contributed by atoms with Gasteiger partial charge >= 0.3 is 0 Å². The predicted molar refractivity (Wildman–Crippen MR) is 117 cm³/mol. The van der Waals surface area contributed by atoms with Crippen LogP contribution in [0.25, 0.3) is 33.3 Å². The van der Waals surface area contributed by atoms with E-state index in [0.717, 1.165) is 41.9 Å². The van der Waals surface area contributed by atoms with Crippen LogP contribution in [0.4, 0.5) is 5.69 Å². The Bertz CT molecular complexity index is 1240. The molecule has 2 aromatic carbocycles. The molecule has 0 amide bonds. The van der Waals surface area contributed by atoms with Gasteiger partial charge in [-0.1, -0.05) is 23.7 Å². The lowest BCUT2D eigenvalue weighted by atomic mass is 10.1. The number of aromatic nitrogens is 3. The Kier molecular flexibility index (Phi) is 4.53. The molecule has 0 bridgehead atoms. The largest absolute Gasteiger partial charge is 0.378 e. The van der Waals surface area contributed by atoms with Crippen LogP contribution in [0.3, 0.4) is 0 Å². The first-order chi connectivity index (χ1) is 14.2. The highest BCUT2D eigenvalue weighted by atomic mass is 35.5. The van der Waals surface area contributed by atoms with Crippen LogP contribution in [0, 0.1) is 0 Å². The van der Waals surface area contributed by atoms with Crippen molar-refractivity contribution >= 4 is 39.2 Å². The fourth-order valence-electron chi connectivity index (χ4n) is 3.96. The summed E-state index contributed by atoms with van der Waals surface area (Å²) in [6.45, 7) is 5.61. The standard InChI is InChI=1S/C22H21ClN4O2/c1-2-26-13-15(22-24-17-5-3-4-6-18(17)25-22)21(28)14-11-20(16(23)12-19(14)26)27-7-9-29-10-8-27/h3-6,11-13H,2,7-10H2,1H3,(H,24,25). The van der Waals surface area contributed by atoms with Gasteiger partial charge in [-0.15, -0.1) is 0 Å². The number of ether oxygens (including phenoxy) is 1. The zero-order valence-electron chi connectivity index (χ0n) is 16.1. The van der Waals surface area contributed by atoms with Crippen LogP contribution in [-0.4, -0.2) is 40.8 Å². The van der Waals surface area contributed by atoms with Gasteiger partial charge in [-0.05, 0) is 31.2 Å². The molecule has 6 nitrogen and oxygen atoms in total. The maximum atomic E-state index is 13.5. The molecule has 1 saturated heterocycles. The van der Waals surface area contributed by atoms with Crippen molar-refractivity contribution in [1.82, 2.24) is 14.5 Å². The van der Waals surface area contributed by atoms with E-state index in [0.29, 0.717) is 35.0 Å². The number of anilines is 1. The molecular formula is C22H21ClN4O2. The van der Waals surface area contributed by atoms with Crippen LogP contribution >= 0.6 is 11.6 Å². The maximum Gasteiger partial charge on any atom is 0.200 e. The molecule has 0 radical (unpaired) electrons. The molecule has 1 fully saturated rings. The quantitative estimate of drug-likeness (QED) is 0.555. The average molecular weight is 409 g/mol. The topological polar surface area (TPSA) is 63.2 Å². The lowest BCUT2D eigenvalue weighted by molar-refractivity contribution is 0.122. The smallest absolute Gasteiger partial charge is 0.200 e. The molecule has 0 atom stereocenters. The van der Waals surface area contributed by atoms with Gasteiger partial charge in [0, 0.05) is 31.2 Å². The molecule has 0 aliphatic carbocycles. The summed E-state index contributed by atoms with van der Waals surface area (Å²) in [5.74, 6) is 0.586. The summed E-state index contributed by atoms with van der Waals surface area (Å²) in [4.78, 5) is 23.6. The molecule has 0 unspecified atom stereocenters. The molecule has 29 heavy (non-hydrogen) atoms. The molecule has 1 aliphatic heterocycles. The normalized spacial score (nSPS) is 14.8. The second-order valence-electron chi connectivity index (χ2n) is 7.18. The molecule has 1 N–H and O–H groups in total. The van der Waals surface area contributed by atoms with Crippen molar-refractivity contribution in [3.8, 4) is 11.4 Å². The second kappa shape index (κ2) is 7.21. The number of hydrogen-bond donors (Lipinski definition) is 1. The average Bonchev–Trinajstić information content (AvgIpc) is 3.18. The third kappa shape index (κ3) is 3.09. The highest BCUT2D eigenvalue weighted by Gasteiger charge is 2.19. The number of nitrogens with zero attached hydrogens (tertiary/aromatic N) is 3. The minimum atomic E-state index is -0.0464. The van der Waals surface area contributed by atoms with Crippen molar-refractivity contribution in [1.29, 1.82) is 0 Å². The number of imidazole rings is 1. The molecule has 5 rings (SSSR count). The monoisotopic (exact) mass is 408 g/mol. The summed E-state index contributed by atoms with van der Waals surface area (Å²) in [6, 6.07) is 11.6. The van der Waals surface area contributed by atoms with E-state index in [9.17, 15) is 4.79 Å². The number of benzene rings is 2. The van der Waals surface area contributed by atoms with Crippen molar-refractivity contribution in [2.24, 2.45) is 0 Å². The lowest BCUT2D eigenvalue weighted by Crippen LogP contribution is -2.36. The van der Waals surface area contributed by atoms with E-state index in [2.05, 4.69) is 21.8 Å². The van der Waals surface area contributed by atoms with Crippen LogP contribution in [0.2, 0.25) is 5.02 Å². The Labute approximate surface area is 172 Å². The van der Waals surface area contributed by atoms with E-state index in [-0.39, 0.29) is 5.43 Å². The molecule has 4 aromatic rings. The van der Waals surface area contributed by atoms with Gasteiger partial charge in [-0.25, -0.2) is 4.98 Å². The molecular weight excluding hydrogens is 388 g/mol. The zero-order valence-corrected chi connectivity index (χ0v) is 16.9. The number of hydrogen-bond acceptors (Lipinski definition) is 4. The molecule has 0 saturated carbocycles. The van der Waals surface area contributed by atoms with Gasteiger partial charge < -0.3 is 19.2 Å². The number of aromatic amines is 1. The number of morpholine rings is 1. The maximum absolute atomic E-state index is 13.5. The van der Waals surface area contributed by atoms with Gasteiger partial charge in [0.25, 0.3) is 0 Å². The van der Waals surface area contributed by atoms with Gasteiger partial charge in [0.2, 0.25) is 0 Å². The number of H-pyrrole nitrogens is 1. The Morgan fingerprint density at radius 2 is 2.00 bits per heavy atom. The van der Waals surface area contributed by atoms with E-state index in [1.807, 2.05) is 47.2 Å². The van der Waals surface area contributed by atoms with E-state index in [4.69, 9.17) is 16.3 Å². The number of rotatable bonds is 3.